The van der Waals surface area contributed by atoms with Crippen LogP contribution in [0.3, 0.4) is 0 Å². The maximum atomic E-state index is 12.1. The Hall–Kier alpha value is -0.570. The average molecular weight is 280 g/mol. The van der Waals surface area contributed by atoms with E-state index in [1.807, 2.05) is 0 Å². The first kappa shape index (κ1) is 15.8. The van der Waals surface area contributed by atoms with E-state index in [0.29, 0.717) is 24.2 Å². The van der Waals surface area contributed by atoms with Crippen LogP contribution in [0.1, 0.15) is 58.8 Å². The summed E-state index contributed by atoms with van der Waals surface area (Å²) < 4.78 is 0. The second-order valence-electron chi connectivity index (χ2n) is 7.23. The van der Waals surface area contributed by atoms with Crippen LogP contribution < -0.4 is 10.6 Å². The van der Waals surface area contributed by atoms with E-state index in [4.69, 9.17) is 0 Å². The zero-order chi connectivity index (χ0) is 14.4. The summed E-state index contributed by atoms with van der Waals surface area (Å²) in [5.74, 6) is 3.02. The molecule has 1 heterocycles. The van der Waals surface area contributed by atoms with Crippen LogP contribution in [0, 0.1) is 23.7 Å². The molecule has 2 rings (SSSR count). The van der Waals surface area contributed by atoms with Crippen LogP contribution in [0.15, 0.2) is 0 Å². The van der Waals surface area contributed by atoms with Crippen LogP contribution in [-0.2, 0) is 4.79 Å². The van der Waals surface area contributed by atoms with Crippen molar-refractivity contribution in [1.82, 2.24) is 10.6 Å². The Kier molecular flexibility index (Phi) is 6.34. The second-order valence-corrected chi connectivity index (χ2v) is 7.23. The quantitative estimate of drug-likeness (QED) is 0.813. The summed E-state index contributed by atoms with van der Waals surface area (Å²) in [6.07, 6.45) is 8.55. The molecular weight excluding hydrogens is 248 g/mol. The van der Waals surface area contributed by atoms with E-state index < -0.39 is 0 Å². The van der Waals surface area contributed by atoms with Gasteiger partial charge in [-0.05, 0) is 62.4 Å². The Morgan fingerprint density at radius 1 is 1.30 bits per heavy atom. The predicted octanol–water partition coefficient (Wildman–Crippen LogP) is 2.95. The van der Waals surface area contributed by atoms with Crippen molar-refractivity contribution in [2.45, 2.75) is 58.8 Å². The third-order valence-corrected chi connectivity index (χ3v) is 5.28. The second kappa shape index (κ2) is 8.02. The third-order valence-electron chi connectivity index (χ3n) is 5.28. The third kappa shape index (κ3) is 5.08. The maximum Gasteiger partial charge on any atom is 0.220 e. The van der Waals surface area contributed by atoms with Crippen molar-refractivity contribution in [3.63, 3.8) is 0 Å². The molecule has 2 aliphatic rings. The van der Waals surface area contributed by atoms with Gasteiger partial charge in [-0.2, -0.15) is 0 Å². The molecule has 2 fully saturated rings. The highest BCUT2D eigenvalue weighted by atomic mass is 16.1. The Morgan fingerprint density at radius 3 is 2.85 bits per heavy atom. The largest absolute Gasteiger partial charge is 0.356 e. The molecule has 1 saturated heterocycles. The standard InChI is InChI=1S/C17H32N2O/c1-13-5-3-6-15(9-13)11-19-17(20)10-14(2)16-7-4-8-18-12-16/h13-16,18H,3-12H2,1-2H3,(H,19,20). The van der Waals surface area contributed by atoms with Crippen LogP contribution in [0.25, 0.3) is 0 Å². The molecule has 0 aromatic carbocycles. The van der Waals surface area contributed by atoms with Gasteiger partial charge in [0.2, 0.25) is 5.91 Å². The number of hydrogen-bond donors (Lipinski definition) is 2. The normalized spacial score (nSPS) is 32.6. The molecular formula is C17H32N2O. The molecule has 0 bridgehead atoms. The first-order chi connectivity index (χ1) is 9.65. The first-order valence-electron chi connectivity index (χ1n) is 8.62. The highest BCUT2D eigenvalue weighted by Crippen LogP contribution is 2.28. The van der Waals surface area contributed by atoms with Gasteiger partial charge < -0.3 is 10.6 Å². The zero-order valence-electron chi connectivity index (χ0n) is 13.3. The molecule has 0 aromatic rings. The molecule has 116 valence electrons. The van der Waals surface area contributed by atoms with Crippen molar-refractivity contribution >= 4 is 5.91 Å². The molecule has 0 radical (unpaired) electrons. The van der Waals surface area contributed by atoms with Gasteiger partial charge in [0, 0.05) is 13.0 Å². The molecule has 1 aliphatic carbocycles. The van der Waals surface area contributed by atoms with Gasteiger partial charge in [0.05, 0.1) is 0 Å². The van der Waals surface area contributed by atoms with Gasteiger partial charge in [-0.15, -0.1) is 0 Å². The van der Waals surface area contributed by atoms with Gasteiger partial charge in [-0.3, -0.25) is 4.79 Å². The zero-order valence-corrected chi connectivity index (χ0v) is 13.3. The Bertz CT molecular complexity index is 299. The monoisotopic (exact) mass is 280 g/mol. The minimum Gasteiger partial charge on any atom is -0.356 e. The number of carbonyl (C=O) groups excluding carboxylic acids is 1. The summed E-state index contributed by atoms with van der Waals surface area (Å²) in [7, 11) is 0. The number of nitrogens with one attached hydrogen (secondary N) is 2. The lowest BCUT2D eigenvalue weighted by Crippen LogP contribution is -2.37. The van der Waals surface area contributed by atoms with E-state index in [9.17, 15) is 4.79 Å². The topological polar surface area (TPSA) is 41.1 Å². The number of rotatable bonds is 5. The van der Waals surface area contributed by atoms with Gasteiger partial charge in [0.25, 0.3) is 0 Å². The van der Waals surface area contributed by atoms with Gasteiger partial charge in [0.15, 0.2) is 0 Å². The molecule has 2 N–H and O–H groups in total. The van der Waals surface area contributed by atoms with Gasteiger partial charge in [0.1, 0.15) is 0 Å². The predicted molar refractivity (Wildman–Crippen MR) is 83.5 cm³/mol. The number of amides is 1. The van der Waals surface area contributed by atoms with Crippen LogP contribution in [0.2, 0.25) is 0 Å². The fraction of sp³-hybridized carbons (Fsp3) is 0.941. The van der Waals surface area contributed by atoms with Crippen molar-refractivity contribution < 1.29 is 4.79 Å². The highest BCUT2D eigenvalue weighted by molar-refractivity contribution is 5.76. The number of carbonyl (C=O) groups is 1. The van der Waals surface area contributed by atoms with E-state index in [2.05, 4.69) is 24.5 Å². The van der Waals surface area contributed by atoms with Crippen molar-refractivity contribution in [2.75, 3.05) is 19.6 Å². The molecule has 1 saturated carbocycles. The smallest absolute Gasteiger partial charge is 0.220 e. The van der Waals surface area contributed by atoms with E-state index in [0.717, 1.165) is 25.6 Å². The van der Waals surface area contributed by atoms with E-state index in [-0.39, 0.29) is 5.91 Å². The molecule has 4 unspecified atom stereocenters. The summed E-state index contributed by atoms with van der Waals surface area (Å²) in [6, 6.07) is 0. The Balaban J connectivity index is 1.64. The number of piperidine rings is 1. The summed E-state index contributed by atoms with van der Waals surface area (Å²) in [4.78, 5) is 12.1. The minimum atomic E-state index is 0.265. The van der Waals surface area contributed by atoms with Gasteiger partial charge >= 0.3 is 0 Å². The van der Waals surface area contributed by atoms with Crippen LogP contribution in [0.4, 0.5) is 0 Å². The lowest BCUT2D eigenvalue weighted by Gasteiger charge is -2.29. The van der Waals surface area contributed by atoms with Gasteiger partial charge in [-0.25, -0.2) is 0 Å². The lowest BCUT2D eigenvalue weighted by molar-refractivity contribution is -0.122. The minimum absolute atomic E-state index is 0.265. The molecule has 0 spiro atoms. The Labute approximate surface area is 124 Å². The van der Waals surface area contributed by atoms with Crippen LogP contribution in [-0.4, -0.2) is 25.5 Å². The fourth-order valence-corrected chi connectivity index (χ4v) is 3.90. The SMILES string of the molecule is CC1CCCC(CNC(=O)CC(C)C2CCCNC2)C1. The molecule has 4 atom stereocenters. The molecule has 1 aliphatic heterocycles. The molecule has 3 heteroatoms. The van der Waals surface area contributed by atoms with Crippen molar-refractivity contribution in [3.8, 4) is 0 Å². The highest BCUT2D eigenvalue weighted by Gasteiger charge is 2.23. The summed E-state index contributed by atoms with van der Waals surface area (Å²) in [5, 5.41) is 6.63. The molecule has 20 heavy (non-hydrogen) atoms. The lowest BCUT2D eigenvalue weighted by atomic mass is 9.82. The van der Waals surface area contributed by atoms with Crippen molar-refractivity contribution in [2.24, 2.45) is 23.7 Å². The molecule has 0 aromatic heterocycles. The average Bonchev–Trinajstić information content (AvgIpc) is 2.46. The first-order valence-corrected chi connectivity index (χ1v) is 8.62. The summed E-state index contributed by atoms with van der Waals surface area (Å²) in [6.45, 7) is 7.72. The van der Waals surface area contributed by atoms with E-state index >= 15 is 0 Å². The van der Waals surface area contributed by atoms with E-state index in [1.165, 1.54) is 38.5 Å². The summed E-state index contributed by atoms with van der Waals surface area (Å²) >= 11 is 0. The Morgan fingerprint density at radius 2 is 2.15 bits per heavy atom. The van der Waals surface area contributed by atoms with Crippen LogP contribution in [0.5, 0.6) is 0 Å². The van der Waals surface area contributed by atoms with Crippen molar-refractivity contribution in [3.05, 3.63) is 0 Å². The molecule has 1 amide bonds. The molecule has 3 nitrogen and oxygen atoms in total. The number of hydrogen-bond acceptors (Lipinski definition) is 2. The van der Waals surface area contributed by atoms with E-state index in [1.54, 1.807) is 0 Å². The van der Waals surface area contributed by atoms with Crippen molar-refractivity contribution in [1.29, 1.82) is 0 Å². The maximum absolute atomic E-state index is 12.1. The van der Waals surface area contributed by atoms with Gasteiger partial charge in [-0.1, -0.05) is 26.7 Å². The summed E-state index contributed by atoms with van der Waals surface area (Å²) in [5.41, 5.74) is 0. The van der Waals surface area contributed by atoms with Crippen LogP contribution >= 0.6 is 0 Å². The fourth-order valence-electron chi connectivity index (χ4n) is 3.90.